The standard InChI is InChI=1S/C21H21NO4/c1-3-14-9-10-18-16(11-14)13(2)19(26-18)20(23)22-17(21(24)25)12-15-7-5-4-6-8-15/h4-11,17H,3,12H2,1-2H3,(H,22,23)(H,24,25)/t17-/m1/s1. The number of carbonyl (C=O) groups excluding carboxylic acids is 1. The van der Waals surface area contributed by atoms with Gasteiger partial charge in [-0.15, -0.1) is 0 Å². The molecule has 134 valence electrons. The molecule has 0 aliphatic carbocycles. The van der Waals surface area contributed by atoms with Gasteiger partial charge in [-0.2, -0.15) is 0 Å². The predicted molar refractivity (Wildman–Crippen MR) is 99.4 cm³/mol. The third kappa shape index (κ3) is 3.61. The molecule has 26 heavy (non-hydrogen) atoms. The van der Waals surface area contributed by atoms with Gasteiger partial charge in [0.2, 0.25) is 0 Å². The molecule has 1 atom stereocenters. The van der Waals surface area contributed by atoms with Gasteiger partial charge in [0.05, 0.1) is 0 Å². The summed E-state index contributed by atoms with van der Waals surface area (Å²) < 4.78 is 5.69. The minimum absolute atomic E-state index is 0.160. The third-order valence-electron chi connectivity index (χ3n) is 4.50. The van der Waals surface area contributed by atoms with Crippen LogP contribution in [0.25, 0.3) is 11.0 Å². The second-order valence-corrected chi connectivity index (χ2v) is 6.29. The van der Waals surface area contributed by atoms with Gasteiger partial charge >= 0.3 is 5.97 Å². The Labute approximate surface area is 151 Å². The van der Waals surface area contributed by atoms with Crippen molar-refractivity contribution < 1.29 is 19.1 Å². The van der Waals surface area contributed by atoms with Crippen molar-refractivity contribution in [1.29, 1.82) is 0 Å². The number of carboxylic acids is 1. The maximum atomic E-state index is 12.6. The summed E-state index contributed by atoms with van der Waals surface area (Å²) in [6.07, 6.45) is 1.10. The number of carbonyl (C=O) groups is 2. The van der Waals surface area contributed by atoms with Crippen molar-refractivity contribution in [1.82, 2.24) is 5.32 Å². The molecule has 0 aliphatic heterocycles. The number of nitrogens with one attached hydrogen (secondary N) is 1. The van der Waals surface area contributed by atoms with Crippen LogP contribution in [0.5, 0.6) is 0 Å². The molecule has 0 fully saturated rings. The first-order chi connectivity index (χ1) is 12.5. The normalized spacial score (nSPS) is 12.1. The Morgan fingerprint density at radius 1 is 1.12 bits per heavy atom. The van der Waals surface area contributed by atoms with Crippen molar-refractivity contribution in [2.45, 2.75) is 32.7 Å². The average Bonchev–Trinajstić information content (AvgIpc) is 2.98. The van der Waals surface area contributed by atoms with E-state index in [9.17, 15) is 14.7 Å². The predicted octanol–water partition coefficient (Wildman–Crippen LogP) is 3.73. The van der Waals surface area contributed by atoms with E-state index in [1.54, 1.807) is 0 Å². The molecule has 0 bridgehead atoms. The van der Waals surface area contributed by atoms with Gasteiger partial charge in [0.15, 0.2) is 5.76 Å². The quantitative estimate of drug-likeness (QED) is 0.709. The van der Waals surface area contributed by atoms with E-state index in [0.717, 1.165) is 28.5 Å². The van der Waals surface area contributed by atoms with E-state index in [0.29, 0.717) is 5.58 Å². The smallest absolute Gasteiger partial charge is 0.326 e. The molecule has 0 spiro atoms. The molecule has 0 unspecified atom stereocenters. The Kier molecular flexibility index (Phi) is 5.07. The monoisotopic (exact) mass is 351 g/mol. The van der Waals surface area contributed by atoms with Crippen LogP contribution in [0.3, 0.4) is 0 Å². The largest absolute Gasteiger partial charge is 0.480 e. The number of rotatable bonds is 6. The highest BCUT2D eigenvalue weighted by Gasteiger charge is 2.25. The first kappa shape index (κ1) is 17.7. The van der Waals surface area contributed by atoms with Crippen molar-refractivity contribution in [3.8, 4) is 0 Å². The molecule has 0 radical (unpaired) electrons. The molecule has 2 aromatic carbocycles. The van der Waals surface area contributed by atoms with Crippen molar-refractivity contribution in [2.24, 2.45) is 0 Å². The van der Waals surface area contributed by atoms with Crippen molar-refractivity contribution in [3.63, 3.8) is 0 Å². The topological polar surface area (TPSA) is 79.5 Å². The number of fused-ring (bicyclic) bond motifs is 1. The van der Waals surface area contributed by atoms with Gasteiger partial charge in [-0.25, -0.2) is 4.79 Å². The van der Waals surface area contributed by atoms with E-state index >= 15 is 0 Å². The number of hydrogen-bond donors (Lipinski definition) is 2. The zero-order valence-corrected chi connectivity index (χ0v) is 14.8. The van der Waals surface area contributed by atoms with Crippen LogP contribution in [0, 0.1) is 6.92 Å². The van der Waals surface area contributed by atoms with Gasteiger partial charge < -0.3 is 14.8 Å². The maximum absolute atomic E-state index is 12.6. The summed E-state index contributed by atoms with van der Waals surface area (Å²) in [6, 6.07) is 14.0. The third-order valence-corrected chi connectivity index (χ3v) is 4.50. The molecular formula is C21H21NO4. The number of aliphatic carboxylic acids is 1. The lowest BCUT2D eigenvalue weighted by Crippen LogP contribution is -2.42. The lowest BCUT2D eigenvalue weighted by molar-refractivity contribution is -0.139. The number of benzene rings is 2. The fourth-order valence-electron chi connectivity index (χ4n) is 2.98. The minimum Gasteiger partial charge on any atom is -0.480 e. The van der Waals surface area contributed by atoms with E-state index in [1.807, 2.05) is 55.5 Å². The lowest BCUT2D eigenvalue weighted by Gasteiger charge is -2.14. The number of aryl methyl sites for hydroxylation is 2. The van der Waals surface area contributed by atoms with Crippen LogP contribution in [-0.4, -0.2) is 23.0 Å². The van der Waals surface area contributed by atoms with E-state index in [4.69, 9.17) is 4.42 Å². The van der Waals surface area contributed by atoms with Gasteiger partial charge in [-0.05, 0) is 36.6 Å². The molecule has 3 aromatic rings. The molecule has 5 heteroatoms. The van der Waals surface area contributed by atoms with E-state index in [2.05, 4.69) is 12.2 Å². The van der Waals surface area contributed by atoms with Crippen LogP contribution in [0.1, 0.15) is 34.2 Å². The van der Waals surface area contributed by atoms with Gasteiger partial charge in [-0.1, -0.05) is 43.3 Å². The lowest BCUT2D eigenvalue weighted by atomic mass is 10.1. The summed E-state index contributed by atoms with van der Waals surface area (Å²) in [7, 11) is 0. The molecule has 0 aliphatic rings. The minimum atomic E-state index is -1.08. The molecular weight excluding hydrogens is 330 g/mol. The highest BCUT2D eigenvalue weighted by atomic mass is 16.4. The van der Waals surface area contributed by atoms with Gasteiger partial charge in [-0.3, -0.25) is 4.79 Å². The van der Waals surface area contributed by atoms with Crippen LogP contribution in [0.15, 0.2) is 52.9 Å². The first-order valence-corrected chi connectivity index (χ1v) is 8.59. The molecule has 3 rings (SSSR count). The summed E-state index contributed by atoms with van der Waals surface area (Å²) in [5.74, 6) is -1.43. The molecule has 1 heterocycles. The SMILES string of the molecule is CCc1ccc2oc(C(=O)N[C@H](Cc3ccccc3)C(=O)O)c(C)c2c1. The van der Waals surface area contributed by atoms with Crippen LogP contribution in [0.4, 0.5) is 0 Å². The molecule has 2 N–H and O–H groups in total. The van der Waals surface area contributed by atoms with Crippen LogP contribution in [0.2, 0.25) is 0 Å². The Bertz CT molecular complexity index is 943. The van der Waals surface area contributed by atoms with Crippen LogP contribution < -0.4 is 5.32 Å². The molecule has 1 amide bonds. The summed E-state index contributed by atoms with van der Waals surface area (Å²) in [6.45, 7) is 3.87. The molecule has 0 saturated heterocycles. The van der Waals surface area contributed by atoms with Crippen LogP contribution >= 0.6 is 0 Å². The van der Waals surface area contributed by atoms with E-state index < -0.39 is 17.9 Å². The van der Waals surface area contributed by atoms with Crippen molar-refractivity contribution in [2.75, 3.05) is 0 Å². The zero-order chi connectivity index (χ0) is 18.7. The summed E-state index contributed by atoms with van der Waals surface area (Å²) in [5, 5.41) is 12.9. The Balaban J connectivity index is 1.84. The number of carboxylic acid groups (broad SMARTS) is 1. The Morgan fingerprint density at radius 3 is 2.50 bits per heavy atom. The van der Waals surface area contributed by atoms with Gasteiger partial charge in [0, 0.05) is 17.4 Å². The highest BCUT2D eigenvalue weighted by Crippen LogP contribution is 2.26. The van der Waals surface area contributed by atoms with Crippen molar-refractivity contribution in [3.05, 3.63) is 71.0 Å². The van der Waals surface area contributed by atoms with E-state index in [-0.39, 0.29) is 12.2 Å². The average molecular weight is 351 g/mol. The van der Waals surface area contributed by atoms with E-state index in [1.165, 1.54) is 0 Å². The van der Waals surface area contributed by atoms with Gasteiger partial charge in [0.1, 0.15) is 11.6 Å². The Hall–Kier alpha value is -3.08. The number of furan rings is 1. The van der Waals surface area contributed by atoms with Crippen molar-refractivity contribution >= 4 is 22.8 Å². The highest BCUT2D eigenvalue weighted by molar-refractivity contribution is 6.00. The summed E-state index contributed by atoms with van der Waals surface area (Å²) in [5.41, 5.74) is 3.34. The fourth-order valence-corrected chi connectivity index (χ4v) is 2.98. The summed E-state index contributed by atoms with van der Waals surface area (Å²) in [4.78, 5) is 24.2. The molecule has 5 nitrogen and oxygen atoms in total. The fraction of sp³-hybridized carbons (Fsp3) is 0.238. The first-order valence-electron chi connectivity index (χ1n) is 8.59. The summed E-state index contributed by atoms with van der Waals surface area (Å²) >= 11 is 0. The molecule has 1 aromatic heterocycles. The Morgan fingerprint density at radius 2 is 1.85 bits per heavy atom. The second kappa shape index (κ2) is 7.44. The molecule has 0 saturated carbocycles. The maximum Gasteiger partial charge on any atom is 0.326 e. The zero-order valence-electron chi connectivity index (χ0n) is 14.8. The van der Waals surface area contributed by atoms with Gasteiger partial charge in [0.25, 0.3) is 5.91 Å². The number of amides is 1. The second-order valence-electron chi connectivity index (χ2n) is 6.29. The number of hydrogen-bond acceptors (Lipinski definition) is 3. The van der Waals surface area contributed by atoms with Crippen LogP contribution in [-0.2, 0) is 17.6 Å².